The van der Waals surface area contributed by atoms with Gasteiger partial charge < -0.3 is 14.7 Å². The van der Waals surface area contributed by atoms with E-state index < -0.39 is 48.7 Å². The number of carboxylic acids is 1. The Hall–Kier alpha value is -4.09. The van der Waals surface area contributed by atoms with Gasteiger partial charge in [0.05, 0.1) is 17.8 Å². The van der Waals surface area contributed by atoms with Gasteiger partial charge >= 0.3 is 18.2 Å². The number of carboxylic acid groups (broad SMARTS) is 1. The van der Waals surface area contributed by atoms with Gasteiger partial charge in [-0.3, -0.25) is 24.2 Å². The molecule has 1 unspecified atom stereocenters. The number of ether oxygens (including phenoxy) is 1. The summed E-state index contributed by atoms with van der Waals surface area (Å²) in [5.41, 5.74) is -0.372. The van der Waals surface area contributed by atoms with Crippen molar-refractivity contribution in [1.29, 1.82) is 0 Å². The highest BCUT2D eigenvalue weighted by Crippen LogP contribution is 2.37. The summed E-state index contributed by atoms with van der Waals surface area (Å²) in [4.78, 5) is 52.9. The van der Waals surface area contributed by atoms with E-state index in [9.17, 15) is 37.5 Å². The standard InChI is InChI=1S/C23H20F3N3O6/c1-12-13(4-3-5-16(12)23(24,25)26)9-29-20(31)15(21(32)33)10-28(22(29)34)14-6-7-17-18(8-14)35-11-19(30)27(17)2/h3-8,15H,9-11H2,1-2H3,(H,32,33). The van der Waals surface area contributed by atoms with Gasteiger partial charge in [-0.05, 0) is 36.2 Å². The SMILES string of the molecule is Cc1c(CN2C(=O)C(C(=O)O)CN(c3ccc4c(c3)OCC(=O)N4C)C2=O)cccc1C(F)(F)F. The largest absolute Gasteiger partial charge is 0.481 e. The highest BCUT2D eigenvalue weighted by atomic mass is 19.4. The van der Waals surface area contributed by atoms with Crippen LogP contribution in [-0.2, 0) is 27.1 Å². The molecule has 2 heterocycles. The maximum Gasteiger partial charge on any atom is 0.416 e. The molecule has 4 rings (SSSR count). The van der Waals surface area contributed by atoms with Crippen LogP contribution in [0.15, 0.2) is 36.4 Å². The molecule has 2 aliphatic heterocycles. The molecule has 1 N–H and O–H groups in total. The molecule has 2 aromatic rings. The smallest absolute Gasteiger partial charge is 0.416 e. The van der Waals surface area contributed by atoms with E-state index in [-0.39, 0.29) is 35.1 Å². The van der Waals surface area contributed by atoms with Gasteiger partial charge in [-0.15, -0.1) is 0 Å². The predicted octanol–water partition coefficient (Wildman–Crippen LogP) is 3.04. The maximum absolute atomic E-state index is 13.3. The summed E-state index contributed by atoms with van der Waals surface area (Å²) in [6, 6.07) is 6.94. The molecule has 184 valence electrons. The highest BCUT2D eigenvalue weighted by Gasteiger charge is 2.44. The Morgan fingerprint density at radius 1 is 1.17 bits per heavy atom. The van der Waals surface area contributed by atoms with Crippen LogP contribution in [0.2, 0.25) is 0 Å². The average molecular weight is 491 g/mol. The Bertz CT molecular complexity index is 1250. The number of fused-ring (bicyclic) bond motifs is 1. The first-order valence-electron chi connectivity index (χ1n) is 10.4. The number of hydrogen-bond acceptors (Lipinski definition) is 5. The molecule has 35 heavy (non-hydrogen) atoms. The molecule has 0 radical (unpaired) electrons. The Kier molecular flexibility index (Phi) is 5.91. The van der Waals surface area contributed by atoms with Crippen LogP contribution in [0.1, 0.15) is 16.7 Å². The van der Waals surface area contributed by atoms with Crippen molar-refractivity contribution in [3.63, 3.8) is 0 Å². The van der Waals surface area contributed by atoms with E-state index in [2.05, 4.69) is 0 Å². The topological polar surface area (TPSA) is 107 Å². The van der Waals surface area contributed by atoms with E-state index in [0.29, 0.717) is 10.6 Å². The van der Waals surface area contributed by atoms with Crippen molar-refractivity contribution in [1.82, 2.24) is 4.90 Å². The molecule has 1 fully saturated rings. The monoisotopic (exact) mass is 491 g/mol. The van der Waals surface area contributed by atoms with Crippen molar-refractivity contribution in [3.8, 4) is 5.75 Å². The van der Waals surface area contributed by atoms with E-state index >= 15 is 0 Å². The summed E-state index contributed by atoms with van der Waals surface area (Å²) >= 11 is 0. The lowest BCUT2D eigenvalue weighted by Gasteiger charge is -2.38. The van der Waals surface area contributed by atoms with E-state index in [1.165, 1.54) is 36.1 Å². The van der Waals surface area contributed by atoms with Gasteiger partial charge in [0.25, 0.3) is 5.91 Å². The third kappa shape index (κ3) is 4.27. The van der Waals surface area contributed by atoms with E-state index in [0.717, 1.165) is 17.0 Å². The normalized spacial score (nSPS) is 18.5. The molecule has 2 aromatic carbocycles. The molecule has 1 saturated heterocycles. The lowest BCUT2D eigenvalue weighted by atomic mass is 9.99. The fraction of sp³-hybridized carbons (Fsp3) is 0.304. The minimum absolute atomic E-state index is 0.0569. The number of likely N-dealkylation sites (N-methyl/N-ethyl adjacent to an activating group) is 1. The second-order valence-electron chi connectivity index (χ2n) is 8.19. The summed E-state index contributed by atoms with van der Waals surface area (Å²) < 4.78 is 45.4. The number of anilines is 2. The number of urea groups is 1. The number of rotatable bonds is 4. The van der Waals surface area contributed by atoms with Crippen molar-refractivity contribution >= 4 is 35.2 Å². The van der Waals surface area contributed by atoms with Crippen LogP contribution in [-0.4, -0.2) is 54.0 Å². The molecule has 0 bridgehead atoms. The van der Waals surface area contributed by atoms with E-state index in [1.54, 1.807) is 7.05 Å². The van der Waals surface area contributed by atoms with Gasteiger partial charge in [0.15, 0.2) is 12.5 Å². The summed E-state index contributed by atoms with van der Waals surface area (Å²) in [5.74, 6) is -4.12. The molecule has 0 spiro atoms. The lowest BCUT2D eigenvalue weighted by Crippen LogP contribution is -2.58. The molecule has 0 saturated carbocycles. The van der Waals surface area contributed by atoms with Crippen molar-refractivity contribution in [2.24, 2.45) is 5.92 Å². The first-order chi connectivity index (χ1) is 16.4. The molecular formula is C23H20F3N3O6. The van der Waals surface area contributed by atoms with Crippen LogP contribution in [0, 0.1) is 12.8 Å². The number of nitrogens with zero attached hydrogens (tertiary/aromatic N) is 3. The number of carbonyl (C=O) groups is 4. The van der Waals surface area contributed by atoms with Crippen molar-refractivity contribution in [3.05, 3.63) is 53.1 Å². The number of hydrogen-bond donors (Lipinski definition) is 1. The number of aliphatic carboxylic acids is 1. The number of halogens is 3. The molecule has 2 aliphatic rings. The molecule has 0 aromatic heterocycles. The zero-order valence-corrected chi connectivity index (χ0v) is 18.6. The van der Waals surface area contributed by atoms with Crippen molar-refractivity contribution in [2.45, 2.75) is 19.6 Å². The fourth-order valence-electron chi connectivity index (χ4n) is 4.08. The van der Waals surface area contributed by atoms with Crippen LogP contribution in [0.4, 0.5) is 29.3 Å². The Balaban J connectivity index is 1.71. The van der Waals surface area contributed by atoms with Gasteiger partial charge in [-0.2, -0.15) is 13.2 Å². The molecule has 9 nitrogen and oxygen atoms in total. The van der Waals surface area contributed by atoms with Gasteiger partial charge in [-0.25, -0.2) is 4.79 Å². The Morgan fingerprint density at radius 3 is 2.54 bits per heavy atom. The number of carbonyl (C=O) groups excluding carboxylic acids is 3. The minimum atomic E-state index is -4.64. The van der Waals surface area contributed by atoms with E-state index in [4.69, 9.17) is 4.74 Å². The average Bonchev–Trinajstić information content (AvgIpc) is 2.79. The fourth-order valence-corrected chi connectivity index (χ4v) is 4.08. The number of benzene rings is 2. The summed E-state index contributed by atoms with van der Waals surface area (Å²) in [7, 11) is 1.55. The lowest BCUT2D eigenvalue weighted by molar-refractivity contribution is -0.150. The van der Waals surface area contributed by atoms with Gasteiger partial charge in [0, 0.05) is 25.3 Å². The first kappa shape index (κ1) is 24.0. The Morgan fingerprint density at radius 2 is 1.89 bits per heavy atom. The molecule has 1 atom stereocenters. The van der Waals surface area contributed by atoms with Gasteiger partial charge in [0.2, 0.25) is 5.91 Å². The first-order valence-corrected chi connectivity index (χ1v) is 10.4. The second-order valence-corrected chi connectivity index (χ2v) is 8.19. The Labute approximate surface area is 197 Å². The number of alkyl halides is 3. The third-order valence-corrected chi connectivity index (χ3v) is 6.11. The molecule has 4 amide bonds. The molecular weight excluding hydrogens is 471 g/mol. The van der Waals surface area contributed by atoms with Crippen LogP contribution >= 0.6 is 0 Å². The summed E-state index contributed by atoms with van der Waals surface area (Å²) in [6.45, 7) is -0.00872. The quantitative estimate of drug-likeness (QED) is 0.659. The number of amides is 4. The molecule has 0 aliphatic carbocycles. The van der Waals surface area contributed by atoms with Crippen molar-refractivity contribution < 1.29 is 42.2 Å². The maximum atomic E-state index is 13.3. The number of imide groups is 1. The summed E-state index contributed by atoms with van der Waals surface area (Å²) in [6.07, 6.45) is -4.64. The highest BCUT2D eigenvalue weighted by molar-refractivity contribution is 6.12. The van der Waals surface area contributed by atoms with Crippen LogP contribution in [0.25, 0.3) is 0 Å². The zero-order valence-electron chi connectivity index (χ0n) is 18.6. The van der Waals surface area contributed by atoms with E-state index in [1.807, 2.05) is 0 Å². The van der Waals surface area contributed by atoms with Gasteiger partial charge in [0.1, 0.15) is 5.75 Å². The van der Waals surface area contributed by atoms with Gasteiger partial charge in [-0.1, -0.05) is 12.1 Å². The van der Waals surface area contributed by atoms with Crippen LogP contribution in [0.3, 0.4) is 0 Å². The van der Waals surface area contributed by atoms with Crippen LogP contribution in [0.5, 0.6) is 5.75 Å². The third-order valence-electron chi connectivity index (χ3n) is 6.11. The molecule has 12 heteroatoms. The summed E-state index contributed by atoms with van der Waals surface area (Å²) in [5, 5.41) is 9.60. The van der Waals surface area contributed by atoms with Crippen LogP contribution < -0.4 is 14.5 Å². The van der Waals surface area contributed by atoms with Crippen molar-refractivity contribution in [2.75, 3.05) is 30.0 Å². The zero-order chi connectivity index (χ0) is 25.7. The second kappa shape index (κ2) is 8.60. The minimum Gasteiger partial charge on any atom is -0.481 e. The predicted molar refractivity (Wildman–Crippen MR) is 116 cm³/mol.